The molecule has 1 fully saturated rings. The van der Waals surface area contributed by atoms with Crippen LogP contribution in [-0.2, 0) is 30.3 Å². The molecule has 4 aromatic heterocycles. The van der Waals surface area contributed by atoms with Gasteiger partial charge in [-0.05, 0) is 228 Å². The van der Waals surface area contributed by atoms with Crippen LogP contribution < -0.4 is 9.65 Å². The van der Waals surface area contributed by atoms with Gasteiger partial charge in [0.2, 0.25) is 0 Å². The third-order valence-corrected chi connectivity index (χ3v) is 26.8. The van der Waals surface area contributed by atoms with E-state index >= 15 is 0 Å². The van der Waals surface area contributed by atoms with Crippen LogP contribution in [0.25, 0.3) is 122 Å². The van der Waals surface area contributed by atoms with Gasteiger partial charge in [-0.2, -0.15) is 47.9 Å². The zero-order chi connectivity index (χ0) is 91.6. The van der Waals surface area contributed by atoms with Crippen molar-refractivity contribution >= 4 is 44.5 Å². The van der Waals surface area contributed by atoms with Gasteiger partial charge in [0.05, 0.1) is 55.8 Å². The molecule has 0 unspecified atom stereocenters. The first-order chi connectivity index (χ1) is 63.6. The molecule has 0 atom stereocenters. The second-order valence-electron chi connectivity index (χ2n) is 33.7. The topological polar surface area (TPSA) is 113 Å². The second-order valence-corrected chi connectivity index (χ2v) is 35.3. The summed E-state index contributed by atoms with van der Waals surface area (Å²) in [5.74, 6) is -15.8. The van der Waals surface area contributed by atoms with Crippen LogP contribution in [0.1, 0.15) is 72.2 Å². The molecule has 132 heavy (non-hydrogen) atoms. The minimum atomic E-state index is -7.40. The first kappa shape index (κ1) is 86.7. The van der Waals surface area contributed by atoms with Crippen LogP contribution in [0.3, 0.4) is 0 Å². The molecule has 0 bridgehead atoms. The summed E-state index contributed by atoms with van der Waals surface area (Å²) >= 11 is 0. The van der Waals surface area contributed by atoms with Crippen molar-refractivity contribution in [1.29, 1.82) is 0 Å². The van der Waals surface area contributed by atoms with Gasteiger partial charge < -0.3 is 13.5 Å². The van der Waals surface area contributed by atoms with Crippen molar-refractivity contribution in [3.05, 3.63) is 457 Å². The highest BCUT2D eigenvalue weighted by Gasteiger charge is 2.86. The van der Waals surface area contributed by atoms with E-state index in [0.717, 1.165) is 118 Å². The number of halogens is 9. The molecule has 21 rings (SSSR count). The van der Waals surface area contributed by atoms with Gasteiger partial charge in [-0.3, -0.25) is 9.97 Å². The number of rotatable bonds is 17. The van der Waals surface area contributed by atoms with Gasteiger partial charge in [-0.25, -0.2) is 9.97 Å². The highest BCUT2D eigenvalue weighted by molar-refractivity contribution is 7.88. The van der Waals surface area contributed by atoms with Crippen LogP contribution in [0.15, 0.2) is 413 Å². The molecule has 9 nitrogen and oxygen atoms in total. The minimum Gasteiger partial charge on any atom is -0.399 e. The smallest absolute Gasteiger partial charge is 0.399 e. The number of alkyl halides is 9. The summed E-state index contributed by atoms with van der Waals surface area (Å²) in [7, 11) is -7.43. The first-order valence-corrected chi connectivity index (χ1v) is 44.2. The van der Waals surface area contributed by atoms with E-state index in [-0.39, 0.29) is 18.3 Å². The van der Waals surface area contributed by atoms with E-state index in [1.807, 2.05) is 164 Å². The number of nitrogens with zero attached hydrogens (tertiary/aromatic N) is 4. The minimum absolute atomic E-state index is 0.352. The molecule has 20 heteroatoms. The number of para-hydroxylation sites is 2. The SMILES string of the molecule is CC1(C)OB(c2ccc(-c3cc(-c4ccccn4)nc4ccccc34)cc2)OC1(C)C.O=S(=O)(Oc1ccc(-c2ccc3c(c2)C(c2ccccc2)(c2ccccc2)c2ccccc2-3)cc1)C(F)(F)C(F)(F)C(F)(F)C(F)(F)F.c1ccc(C2(c3ccccc3)c3ccccc3-c3ccc(-c4ccc(-c5ccc(-c6cc(-c7ccccn7)nc7ccccc67)cc5)cc4)cc32)cc1. The highest BCUT2D eigenvalue weighted by Crippen LogP contribution is 2.60. The Bertz CT molecular complexity index is 7350. The number of fused-ring (bicyclic) bond motifs is 8. The molecule has 0 spiro atoms. The van der Waals surface area contributed by atoms with Crippen molar-refractivity contribution in [3.63, 3.8) is 0 Å². The summed E-state index contributed by atoms with van der Waals surface area (Å²) in [4.78, 5) is 18.8. The number of benzene rings is 14. The lowest BCUT2D eigenvalue weighted by Gasteiger charge is -2.34. The molecule has 0 saturated carbocycles. The van der Waals surface area contributed by atoms with Gasteiger partial charge in [0.25, 0.3) is 0 Å². The molecule has 0 amide bonds. The van der Waals surface area contributed by atoms with E-state index in [2.05, 4.69) is 254 Å². The van der Waals surface area contributed by atoms with Gasteiger partial charge in [0.1, 0.15) is 5.75 Å². The van der Waals surface area contributed by atoms with Gasteiger partial charge in [-0.15, -0.1) is 0 Å². The quantitative estimate of drug-likeness (QED) is 0.0499. The van der Waals surface area contributed by atoms with E-state index in [1.165, 1.54) is 67.8 Å². The Morgan fingerprint density at radius 3 is 0.992 bits per heavy atom. The Balaban J connectivity index is 0.000000132. The zero-order valence-electron chi connectivity index (χ0n) is 71.5. The Labute approximate surface area is 757 Å². The average molecular weight is 1780 g/mol. The Hall–Kier alpha value is -14.7. The maximum Gasteiger partial charge on any atom is 0.494 e. The molecule has 1 aliphatic heterocycles. The summed E-state index contributed by atoms with van der Waals surface area (Å²) in [5, 5.41) is -4.72. The third kappa shape index (κ3) is 15.2. The predicted molar refractivity (Wildman–Crippen MR) is 504 cm³/mol. The average Bonchev–Trinajstić information content (AvgIpc) is 1.46. The molecular weight excluding hydrogens is 1700 g/mol. The van der Waals surface area contributed by atoms with Crippen molar-refractivity contribution in [1.82, 2.24) is 19.9 Å². The van der Waals surface area contributed by atoms with Crippen LogP contribution in [0.5, 0.6) is 5.75 Å². The van der Waals surface area contributed by atoms with Crippen LogP contribution in [0.2, 0.25) is 0 Å². The van der Waals surface area contributed by atoms with Crippen LogP contribution in [0.4, 0.5) is 39.5 Å². The molecule has 5 heterocycles. The number of hydrogen-bond acceptors (Lipinski definition) is 9. The van der Waals surface area contributed by atoms with E-state index in [0.29, 0.717) is 11.1 Å². The van der Waals surface area contributed by atoms with Gasteiger partial charge >= 0.3 is 40.5 Å². The van der Waals surface area contributed by atoms with Crippen molar-refractivity contribution < 1.29 is 61.4 Å². The Morgan fingerprint density at radius 1 is 0.295 bits per heavy atom. The molecule has 0 radical (unpaired) electrons. The molecule has 2 aliphatic carbocycles. The van der Waals surface area contributed by atoms with Gasteiger partial charge in [0, 0.05) is 23.2 Å². The van der Waals surface area contributed by atoms with Gasteiger partial charge in [-0.1, -0.05) is 328 Å². The molecule has 18 aromatic rings. The lowest BCUT2D eigenvalue weighted by Crippen LogP contribution is -2.63. The lowest BCUT2D eigenvalue weighted by atomic mass is 9.67. The normalized spacial score (nSPS) is 14.5. The fraction of sp³-hybridized carbons (Fsp3) is 0.107. The van der Waals surface area contributed by atoms with Crippen molar-refractivity contribution in [3.8, 4) is 106 Å². The zero-order valence-corrected chi connectivity index (χ0v) is 72.3. The lowest BCUT2D eigenvalue weighted by molar-refractivity contribution is -0.382. The third-order valence-electron chi connectivity index (χ3n) is 25.5. The maximum atomic E-state index is 14.2. The van der Waals surface area contributed by atoms with Crippen LogP contribution in [0, 0.1) is 0 Å². The molecule has 1 saturated heterocycles. The Kier molecular flexibility index (Phi) is 22.3. The number of hydrogen-bond donors (Lipinski definition) is 0. The first-order valence-electron chi connectivity index (χ1n) is 42.8. The summed E-state index contributed by atoms with van der Waals surface area (Å²) < 4.78 is 160. The van der Waals surface area contributed by atoms with E-state index in [4.69, 9.17) is 19.3 Å². The van der Waals surface area contributed by atoms with Crippen molar-refractivity contribution in [2.24, 2.45) is 0 Å². The second kappa shape index (κ2) is 34.0. The highest BCUT2D eigenvalue weighted by atomic mass is 32.2. The number of pyridine rings is 4. The summed E-state index contributed by atoms with van der Waals surface area (Å²) in [6, 6.07) is 134. The summed E-state index contributed by atoms with van der Waals surface area (Å²) in [6.07, 6.45) is -3.57. The molecule has 14 aromatic carbocycles. The maximum absolute atomic E-state index is 14.2. The predicted octanol–water partition coefficient (Wildman–Crippen LogP) is 27.8. The van der Waals surface area contributed by atoms with Crippen LogP contribution in [-0.4, -0.2) is 70.0 Å². The standard InChI is InChI=1S/C51H34N2.C35H21F9O3S.C26H25BN2O2/c1-3-13-40(14-4-1)51(41-15-5-2-6-16-41)46-19-9-7-17-42(46)43-31-30-39(33-47(43)51)37-24-22-35(23-25-37)36-26-28-38(29-27-36)45-34-50(49-21-11-12-32-52-49)53-48-20-10-8-18-44(45)48;36-32(37,34(40,41)42)33(38,39)35(43,44)48(45,46)47-26-18-15-22(16-19-26)23-17-20-28-27-13-7-8-14-29(27)31(30(28)21-23,24-9-3-1-4-10-24)25-11-5-2-6-12-25;1-25(2)26(3,4)31-27(30-25)19-14-12-18(13-15-19)21-17-24(23-11-7-8-16-28-23)29-22-10-6-5-9-20(21)22/h1-34H;1-21H;5-17H,1-4H3. The number of aromatic nitrogens is 4. The molecule has 3 aliphatic rings. The molecule has 650 valence electrons. The van der Waals surface area contributed by atoms with Gasteiger partial charge in [0.15, 0.2) is 0 Å². The van der Waals surface area contributed by atoms with E-state index in [1.54, 1.807) is 12.3 Å². The van der Waals surface area contributed by atoms with Crippen molar-refractivity contribution in [2.75, 3.05) is 0 Å². The Morgan fingerprint density at radius 2 is 0.614 bits per heavy atom. The fourth-order valence-electron chi connectivity index (χ4n) is 18.3. The molecular formula is C112H80BF9N4O5S. The van der Waals surface area contributed by atoms with Crippen LogP contribution >= 0.6 is 0 Å². The molecule has 0 N–H and O–H groups in total. The van der Waals surface area contributed by atoms with E-state index < -0.39 is 50.0 Å². The summed E-state index contributed by atoms with van der Waals surface area (Å²) in [6.45, 7) is 8.29. The largest absolute Gasteiger partial charge is 0.494 e. The van der Waals surface area contributed by atoms with Crippen molar-refractivity contribution in [2.45, 2.75) is 73.0 Å². The van der Waals surface area contributed by atoms with E-state index in [9.17, 15) is 47.9 Å². The monoisotopic (exact) mass is 1770 g/mol. The fourth-order valence-corrected chi connectivity index (χ4v) is 19.2. The summed E-state index contributed by atoms with van der Waals surface area (Å²) in [5.41, 5.74) is 28.3.